The number of ether oxygens (including phenoxy) is 2. The van der Waals surface area contributed by atoms with Gasteiger partial charge in [0.25, 0.3) is 0 Å². The fraction of sp³-hybridized carbons (Fsp3) is 0.675. The number of nitrogens with zero attached hydrogens (tertiary/aromatic N) is 4. The van der Waals surface area contributed by atoms with Crippen molar-refractivity contribution >= 4 is 5.69 Å². The van der Waals surface area contributed by atoms with E-state index in [1.54, 1.807) is 6.33 Å². The maximum absolute atomic E-state index is 5.69. The molecule has 0 aliphatic carbocycles. The number of aromatic nitrogens is 3. The van der Waals surface area contributed by atoms with Crippen molar-refractivity contribution in [3.05, 3.63) is 65.8 Å². The average Bonchev–Trinajstić information content (AvgIpc) is 3.46. The average molecular weight is 653 g/mol. The standard InChI is InChI=1S/C14H25NO.C13H22N2O.C13H21NO/c1-11(2)13-9-12(10-16-13)15(6)8-7-14(3,4)5;1-10(2)11-8-12(15-9-14-11)16-7-6-13(3,4)5;1-10(2)11-6-7-14-12(8-11)9-15-13(3,4)5/h9-11H,7-8H2,1-6H3;8-10H,6-7H2,1-5H3;6-8,10H,9H2,1-5H3. The first kappa shape index (κ1) is 42.1. The van der Waals surface area contributed by atoms with Gasteiger partial charge in [-0.05, 0) is 74.0 Å². The van der Waals surface area contributed by atoms with E-state index in [2.05, 4.69) is 149 Å². The van der Waals surface area contributed by atoms with Crippen molar-refractivity contribution in [3.8, 4) is 5.88 Å². The predicted octanol–water partition coefficient (Wildman–Crippen LogP) is 11.2. The van der Waals surface area contributed by atoms with Crippen LogP contribution in [0.4, 0.5) is 5.69 Å². The van der Waals surface area contributed by atoms with E-state index in [1.165, 1.54) is 17.7 Å². The molecule has 0 aliphatic rings. The van der Waals surface area contributed by atoms with Gasteiger partial charge in [-0.15, -0.1) is 0 Å². The summed E-state index contributed by atoms with van der Waals surface area (Å²) in [6.45, 7) is 34.9. The third kappa shape index (κ3) is 19.5. The molecule has 0 aliphatic heterocycles. The van der Waals surface area contributed by atoms with E-state index >= 15 is 0 Å². The summed E-state index contributed by atoms with van der Waals surface area (Å²) in [6, 6.07) is 8.25. The van der Waals surface area contributed by atoms with Gasteiger partial charge in [-0.3, -0.25) is 4.98 Å². The van der Waals surface area contributed by atoms with Gasteiger partial charge in [0.1, 0.15) is 18.4 Å². The molecule has 47 heavy (non-hydrogen) atoms. The first-order valence-electron chi connectivity index (χ1n) is 17.4. The summed E-state index contributed by atoms with van der Waals surface area (Å²) in [7, 11) is 2.13. The fourth-order valence-corrected chi connectivity index (χ4v) is 3.91. The molecule has 0 saturated carbocycles. The molecule has 0 unspecified atom stereocenters. The van der Waals surface area contributed by atoms with E-state index in [0.717, 1.165) is 30.1 Å². The van der Waals surface area contributed by atoms with Crippen LogP contribution in [0.5, 0.6) is 5.88 Å². The number of anilines is 1. The highest BCUT2D eigenvalue weighted by molar-refractivity contribution is 5.44. The Labute approximate surface area is 288 Å². The maximum Gasteiger partial charge on any atom is 0.216 e. The highest BCUT2D eigenvalue weighted by Gasteiger charge is 2.14. The second kappa shape index (κ2) is 19.2. The number of pyridine rings is 1. The third-order valence-corrected chi connectivity index (χ3v) is 7.33. The zero-order chi connectivity index (χ0) is 36.0. The van der Waals surface area contributed by atoms with E-state index in [9.17, 15) is 0 Å². The van der Waals surface area contributed by atoms with Gasteiger partial charge in [0.2, 0.25) is 5.88 Å². The van der Waals surface area contributed by atoms with E-state index in [0.29, 0.717) is 47.7 Å². The summed E-state index contributed by atoms with van der Waals surface area (Å²) in [5, 5.41) is 0. The summed E-state index contributed by atoms with van der Waals surface area (Å²) >= 11 is 0. The van der Waals surface area contributed by atoms with Crippen LogP contribution in [0.15, 0.2) is 47.5 Å². The quantitative estimate of drug-likeness (QED) is 0.204. The lowest BCUT2D eigenvalue weighted by atomic mass is 9.92. The molecule has 3 aromatic rings. The Morgan fingerprint density at radius 3 is 1.91 bits per heavy atom. The molecule has 0 fully saturated rings. The lowest BCUT2D eigenvalue weighted by Gasteiger charge is -2.23. The van der Waals surface area contributed by atoms with Gasteiger partial charge in [-0.1, -0.05) is 83.1 Å². The van der Waals surface area contributed by atoms with Crippen molar-refractivity contribution in [2.24, 2.45) is 10.8 Å². The first-order valence-corrected chi connectivity index (χ1v) is 17.4. The summed E-state index contributed by atoms with van der Waals surface area (Å²) in [5.41, 5.74) is 5.13. The van der Waals surface area contributed by atoms with E-state index in [-0.39, 0.29) is 5.60 Å². The van der Waals surface area contributed by atoms with Crippen molar-refractivity contribution in [2.45, 2.75) is 147 Å². The molecule has 3 aromatic heterocycles. The number of hydrogen-bond acceptors (Lipinski definition) is 7. The van der Waals surface area contributed by atoms with Crippen LogP contribution in [-0.2, 0) is 11.3 Å². The molecule has 7 nitrogen and oxygen atoms in total. The molecule has 3 heterocycles. The number of furan rings is 1. The Balaban J connectivity index is 0.000000353. The minimum absolute atomic E-state index is 0.102. The Morgan fingerprint density at radius 2 is 1.40 bits per heavy atom. The maximum atomic E-state index is 5.69. The zero-order valence-electron chi connectivity index (χ0n) is 32.8. The third-order valence-electron chi connectivity index (χ3n) is 7.33. The zero-order valence-corrected chi connectivity index (χ0v) is 32.8. The van der Waals surface area contributed by atoms with Crippen LogP contribution >= 0.6 is 0 Å². The first-order chi connectivity index (χ1) is 21.6. The Kier molecular flexibility index (Phi) is 17.2. The number of rotatable bonds is 11. The summed E-state index contributed by atoms with van der Waals surface area (Å²) in [6.07, 6.45) is 7.50. The summed E-state index contributed by atoms with van der Waals surface area (Å²) in [5.74, 6) is 3.17. The smallest absolute Gasteiger partial charge is 0.216 e. The molecule has 0 bridgehead atoms. The fourth-order valence-electron chi connectivity index (χ4n) is 3.91. The topological polar surface area (TPSA) is 73.5 Å². The van der Waals surface area contributed by atoms with E-state index in [4.69, 9.17) is 13.9 Å². The SMILES string of the molecule is CC(C)c1cc(N(C)CCC(C)(C)C)co1.CC(C)c1cc(OCCC(C)(C)C)ncn1.CC(C)c1ccnc(COC(C)(C)C)c1. The molecule has 7 heteroatoms. The van der Waals surface area contributed by atoms with Crippen LogP contribution in [0.25, 0.3) is 0 Å². The van der Waals surface area contributed by atoms with Gasteiger partial charge in [-0.25, -0.2) is 9.97 Å². The van der Waals surface area contributed by atoms with E-state index < -0.39 is 0 Å². The molecule has 0 amide bonds. The van der Waals surface area contributed by atoms with Crippen molar-refractivity contribution in [1.29, 1.82) is 0 Å². The van der Waals surface area contributed by atoms with Crippen LogP contribution in [0.3, 0.4) is 0 Å². The molecule has 0 atom stereocenters. The second-order valence-electron chi connectivity index (χ2n) is 16.8. The number of hydrogen-bond donors (Lipinski definition) is 0. The van der Waals surface area contributed by atoms with Crippen LogP contribution in [0.1, 0.15) is 157 Å². The van der Waals surface area contributed by atoms with Crippen LogP contribution in [-0.4, -0.2) is 40.8 Å². The molecule has 0 radical (unpaired) electrons. The largest absolute Gasteiger partial charge is 0.478 e. The summed E-state index contributed by atoms with van der Waals surface area (Å²) in [4.78, 5) is 14.9. The second-order valence-corrected chi connectivity index (χ2v) is 16.8. The molecule has 0 spiro atoms. The van der Waals surface area contributed by atoms with Crippen LogP contribution in [0, 0.1) is 10.8 Å². The molecular formula is C40H68N4O3. The molecular weight excluding hydrogens is 584 g/mol. The van der Waals surface area contributed by atoms with Crippen LogP contribution in [0.2, 0.25) is 0 Å². The Morgan fingerprint density at radius 1 is 0.766 bits per heavy atom. The Bertz CT molecular complexity index is 1280. The van der Waals surface area contributed by atoms with Crippen molar-refractivity contribution in [3.63, 3.8) is 0 Å². The molecule has 3 rings (SSSR count). The lowest BCUT2D eigenvalue weighted by Crippen LogP contribution is -2.22. The van der Waals surface area contributed by atoms with Gasteiger partial charge in [0, 0.05) is 37.8 Å². The molecule has 0 saturated heterocycles. The normalized spacial score (nSPS) is 12.1. The van der Waals surface area contributed by atoms with E-state index in [1.807, 2.05) is 18.5 Å². The van der Waals surface area contributed by atoms with Gasteiger partial charge < -0.3 is 18.8 Å². The van der Waals surface area contributed by atoms with Crippen molar-refractivity contribution < 1.29 is 13.9 Å². The minimum Gasteiger partial charge on any atom is -0.478 e. The molecule has 0 N–H and O–H groups in total. The van der Waals surface area contributed by atoms with Gasteiger partial charge in [0.05, 0.1) is 35.9 Å². The van der Waals surface area contributed by atoms with Gasteiger partial charge in [0.15, 0.2) is 0 Å². The summed E-state index contributed by atoms with van der Waals surface area (Å²) < 4.78 is 16.8. The predicted molar refractivity (Wildman–Crippen MR) is 199 cm³/mol. The highest BCUT2D eigenvalue weighted by Crippen LogP contribution is 2.26. The lowest BCUT2D eigenvalue weighted by molar-refractivity contribution is -0.0165. The van der Waals surface area contributed by atoms with Gasteiger partial charge >= 0.3 is 0 Å². The molecule has 0 aromatic carbocycles. The highest BCUT2D eigenvalue weighted by atomic mass is 16.5. The molecule has 266 valence electrons. The van der Waals surface area contributed by atoms with Gasteiger partial charge in [-0.2, -0.15) is 0 Å². The van der Waals surface area contributed by atoms with Crippen molar-refractivity contribution in [2.75, 3.05) is 25.1 Å². The Hall–Kier alpha value is -2.93. The minimum atomic E-state index is -0.102. The van der Waals surface area contributed by atoms with Crippen LogP contribution < -0.4 is 9.64 Å². The van der Waals surface area contributed by atoms with Crippen molar-refractivity contribution in [1.82, 2.24) is 15.0 Å². The monoisotopic (exact) mass is 653 g/mol.